The number of nitrogens with zero attached hydrogens (tertiary/aromatic N) is 1. The van der Waals surface area contributed by atoms with Gasteiger partial charge in [0.25, 0.3) is 5.69 Å². The molecule has 0 heterocycles. The molecule has 0 saturated heterocycles. The third kappa shape index (κ3) is 4.46. The normalized spacial score (nSPS) is 9.76. The van der Waals surface area contributed by atoms with Crippen LogP contribution in [0.25, 0.3) is 0 Å². The van der Waals surface area contributed by atoms with Crippen LogP contribution in [-0.2, 0) is 6.61 Å². The molecule has 0 aliphatic rings. The number of ether oxygens (including phenoxy) is 1. The van der Waals surface area contributed by atoms with Crippen LogP contribution in [0.3, 0.4) is 0 Å². The van der Waals surface area contributed by atoms with Crippen molar-refractivity contribution in [1.82, 2.24) is 0 Å². The molecule has 0 radical (unpaired) electrons. The number of hydrogen-bond acceptors (Lipinski definition) is 3. The Balaban J connectivity index is 1.73. The third-order valence-electron chi connectivity index (χ3n) is 3.54. The lowest BCUT2D eigenvalue weighted by Crippen LogP contribution is -1.97. The Morgan fingerprint density at radius 3 is 2.24 bits per heavy atom. The van der Waals surface area contributed by atoms with Crippen LogP contribution in [0.15, 0.2) is 78.9 Å². The molecule has 0 atom stereocenters. The van der Waals surface area contributed by atoms with Gasteiger partial charge in [0.15, 0.2) is 0 Å². The molecule has 0 unspecified atom stereocenters. The topological polar surface area (TPSA) is 52.4 Å². The van der Waals surface area contributed by atoms with Crippen molar-refractivity contribution >= 4 is 5.69 Å². The van der Waals surface area contributed by atoms with Gasteiger partial charge in [0.1, 0.15) is 12.4 Å². The van der Waals surface area contributed by atoms with Crippen molar-refractivity contribution in [2.45, 2.75) is 6.61 Å². The van der Waals surface area contributed by atoms with Crippen molar-refractivity contribution in [3.05, 3.63) is 106 Å². The Hall–Kier alpha value is -3.58. The highest BCUT2D eigenvalue weighted by atomic mass is 16.6. The molecule has 0 fully saturated rings. The van der Waals surface area contributed by atoms with Gasteiger partial charge < -0.3 is 4.74 Å². The maximum atomic E-state index is 10.7. The van der Waals surface area contributed by atoms with Crippen LogP contribution in [0.4, 0.5) is 5.69 Å². The Morgan fingerprint density at radius 1 is 0.840 bits per heavy atom. The standard InChI is InChI=1S/C21H15NO3/c23-22(24)20-14-11-18(12-15-20)16-25-21-9-5-4-8-19(21)13-10-17-6-2-1-3-7-17/h1-9,11-12,14-15H,16H2. The summed E-state index contributed by atoms with van der Waals surface area (Å²) in [6, 6.07) is 23.6. The molecule has 0 amide bonds. The van der Waals surface area contributed by atoms with Crippen molar-refractivity contribution in [3.63, 3.8) is 0 Å². The van der Waals surface area contributed by atoms with E-state index in [1.54, 1.807) is 12.1 Å². The van der Waals surface area contributed by atoms with Gasteiger partial charge >= 0.3 is 0 Å². The Morgan fingerprint density at radius 2 is 1.52 bits per heavy atom. The molecule has 0 aliphatic carbocycles. The molecule has 0 aliphatic heterocycles. The van der Waals surface area contributed by atoms with Crippen molar-refractivity contribution in [2.24, 2.45) is 0 Å². The molecule has 3 aromatic carbocycles. The number of nitro groups is 1. The fourth-order valence-electron chi connectivity index (χ4n) is 2.23. The van der Waals surface area contributed by atoms with E-state index in [1.807, 2.05) is 54.6 Å². The summed E-state index contributed by atoms with van der Waals surface area (Å²) in [6.45, 7) is 0.321. The van der Waals surface area contributed by atoms with Crippen LogP contribution in [-0.4, -0.2) is 4.92 Å². The molecular weight excluding hydrogens is 314 g/mol. The van der Waals surface area contributed by atoms with Gasteiger partial charge in [0.2, 0.25) is 0 Å². The summed E-state index contributed by atoms with van der Waals surface area (Å²) >= 11 is 0. The Bertz CT molecular complexity index is 923. The molecule has 0 spiro atoms. The van der Waals surface area contributed by atoms with Crippen molar-refractivity contribution in [2.75, 3.05) is 0 Å². The first-order valence-corrected chi connectivity index (χ1v) is 7.74. The minimum Gasteiger partial charge on any atom is -0.488 e. The van der Waals surface area contributed by atoms with Crippen LogP contribution >= 0.6 is 0 Å². The largest absolute Gasteiger partial charge is 0.488 e. The lowest BCUT2D eigenvalue weighted by atomic mass is 10.1. The number of nitro benzene ring substituents is 1. The van der Waals surface area contributed by atoms with Gasteiger partial charge in [-0.25, -0.2) is 0 Å². The van der Waals surface area contributed by atoms with E-state index in [-0.39, 0.29) is 5.69 Å². The molecule has 3 rings (SSSR count). The molecule has 0 saturated carbocycles. The molecule has 0 aromatic heterocycles. The number of non-ortho nitro benzene ring substituents is 1. The third-order valence-corrected chi connectivity index (χ3v) is 3.54. The number of para-hydroxylation sites is 1. The Labute approximate surface area is 145 Å². The fourth-order valence-corrected chi connectivity index (χ4v) is 2.23. The summed E-state index contributed by atoms with van der Waals surface area (Å²) in [5.41, 5.74) is 2.66. The van der Waals surface area contributed by atoms with Crippen LogP contribution < -0.4 is 4.74 Å². The highest BCUT2D eigenvalue weighted by Crippen LogP contribution is 2.19. The predicted molar refractivity (Wildman–Crippen MR) is 96.3 cm³/mol. The van der Waals surface area contributed by atoms with Gasteiger partial charge in [-0.05, 0) is 42.0 Å². The summed E-state index contributed by atoms with van der Waals surface area (Å²) in [7, 11) is 0. The first-order chi connectivity index (χ1) is 12.2. The van der Waals surface area contributed by atoms with E-state index < -0.39 is 4.92 Å². The van der Waals surface area contributed by atoms with E-state index in [1.165, 1.54) is 12.1 Å². The second-order valence-electron chi connectivity index (χ2n) is 5.32. The first-order valence-electron chi connectivity index (χ1n) is 7.74. The average molecular weight is 329 g/mol. The van der Waals surface area contributed by atoms with Gasteiger partial charge in [0, 0.05) is 17.7 Å². The van der Waals surface area contributed by atoms with E-state index in [9.17, 15) is 10.1 Å². The molecule has 0 N–H and O–H groups in total. The zero-order valence-corrected chi connectivity index (χ0v) is 13.4. The summed E-state index contributed by atoms with van der Waals surface area (Å²) in [5, 5.41) is 10.7. The van der Waals surface area contributed by atoms with Crippen LogP contribution in [0.5, 0.6) is 5.75 Å². The highest BCUT2D eigenvalue weighted by Gasteiger charge is 2.05. The van der Waals surface area contributed by atoms with Gasteiger partial charge in [-0.2, -0.15) is 0 Å². The molecule has 4 nitrogen and oxygen atoms in total. The second-order valence-corrected chi connectivity index (χ2v) is 5.32. The van der Waals surface area contributed by atoms with Gasteiger partial charge in [-0.1, -0.05) is 42.2 Å². The average Bonchev–Trinajstić information content (AvgIpc) is 2.66. The molecule has 4 heteroatoms. The lowest BCUT2D eigenvalue weighted by molar-refractivity contribution is -0.384. The van der Waals surface area contributed by atoms with Crippen molar-refractivity contribution in [1.29, 1.82) is 0 Å². The second kappa shape index (κ2) is 7.80. The van der Waals surface area contributed by atoms with E-state index in [2.05, 4.69) is 11.8 Å². The summed E-state index contributed by atoms with van der Waals surface area (Å²) in [4.78, 5) is 10.3. The maximum absolute atomic E-state index is 10.7. The van der Waals surface area contributed by atoms with E-state index in [0.29, 0.717) is 12.4 Å². The Kier molecular flexibility index (Phi) is 5.08. The summed E-state index contributed by atoms with van der Waals surface area (Å²) in [5.74, 6) is 6.92. The lowest BCUT2D eigenvalue weighted by Gasteiger charge is -2.08. The predicted octanol–water partition coefficient (Wildman–Crippen LogP) is 4.57. The van der Waals surface area contributed by atoms with Crippen LogP contribution in [0.2, 0.25) is 0 Å². The molecule has 3 aromatic rings. The first kappa shape index (κ1) is 16.3. The quantitative estimate of drug-likeness (QED) is 0.400. The minimum absolute atomic E-state index is 0.0675. The number of rotatable bonds is 4. The summed E-state index contributed by atoms with van der Waals surface area (Å²) < 4.78 is 5.84. The minimum atomic E-state index is -0.418. The van der Waals surface area contributed by atoms with Crippen LogP contribution in [0, 0.1) is 22.0 Å². The molecular formula is C21H15NO3. The van der Waals surface area contributed by atoms with E-state index in [4.69, 9.17) is 4.74 Å². The molecule has 122 valence electrons. The smallest absolute Gasteiger partial charge is 0.269 e. The SMILES string of the molecule is O=[N+]([O-])c1ccc(COc2ccccc2C#Cc2ccccc2)cc1. The molecule has 0 bridgehead atoms. The van der Waals surface area contributed by atoms with Crippen molar-refractivity contribution < 1.29 is 9.66 Å². The fraction of sp³-hybridized carbons (Fsp3) is 0.0476. The maximum Gasteiger partial charge on any atom is 0.269 e. The molecule has 25 heavy (non-hydrogen) atoms. The number of benzene rings is 3. The van der Waals surface area contributed by atoms with Crippen LogP contribution in [0.1, 0.15) is 16.7 Å². The monoisotopic (exact) mass is 329 g/mol. The summed E-state index contributed by atoms with van der Waals surface area (Å²) in [6.07, 6.45) is 0. The zero-order valence-electron chi connectivity index (χ0n) is 13.4. The highest BCUT2D eigenvalue weighted by molar-refractivity contribution is 5.49. The number of hydrogen-bond donors (Lipinski definition) is 0. The zero-order chi connectivity index (χ0) is 17.5. The van der Waals surface area contributed by atoms with E-state index >= 15 is 0 Å². The van der Waals surface area contributed by atoms with Gasteiger partial charge in [-0.3, -0.25) is 10.1 Å². The van der Waals surface area contributed by atoms with E-state index in [0.717, 1.165) is 16.7 Å². The van der Waals surface area contributed by atoms with Crippen molar-refractivity contribution in [3.8, 4) is 17.6 Å². The van der Waals surface area contributed by atoms with Gasteiger partial charge in [-0.15, -0.1) is 0 Å². The van der Waals surface area contributed by atoms with Gasteiger partial charge in [0.05, 0.1) is 10.5 Å².